The van der Waals surface area contributed by atoms with Gasteiger partial charge in [-0.2, -0.15) is 0 Å². The molecule has 4 rings (SSSR count). The molecule has 0 saturated heterocycles. The molecule has 1 aliphatic carbocycles. The summed E-state index contributed by atoms with van der Waals surface area (Å²) in [6, 6.07) is 21.4. The van der Waals surface area contributed by atoms with Gasteiger partial charge in [0.25, 0.3) is 0 Å². The highest BCUT2D eigenvalue weighted by Gasteiger charge is 2.44. The first-order chi connectivity index (χ1) is 12.0. The van der Waals surface area contributed by atoms with Crippen molar-refractivity contribution in [3.8, 4) is 11.1 Å². The fraction of sp³-hybridized carbons (Fsp3) is 0.174. The van der Waals surface area contributed by atoms with Gasteiger partial charge in [-0.1, -0.05) is 77.9 Å². The van der Waals surface area contributed by atoms with E-state index in [9.17, 15) is 9.90 Å². The molecule has 0 amide bonds. The van der Waals surface area contributed by atoms with E-state index in [0.29, 0.717) is 11.1 Å². The summed E-state index contributed by atoms with van der Waals surface area (Å²) in [4.78, 5) is 13.2. The molecule has 0 spiro atoms. The predicted octanol–water partition coefficient (Wildman–Crippen LogP) is 4.60. The van der Waals surface area contributed by atoms with Crippen molar-refractivity contribution >= 4 is 5.78 Å². The first-order valence-electron chi connectivity index (χ1n) is 8.52. The van der Waals surface area contributed by atoms with Crippen molar-refractivity contribution in [2.45, 2.75) is 25.9 Å². The fourth-order valence-corrected chi connectivity index (χ4v) is 3.98. The Kier molecular flexibility index (Phi) is 3.59. The van der Waals surface area contributed by atoms with Crippen LogP contribution in [-0.4, -0.2) is 10.9 Å². The lowest BCUT2D eigenvalue weighted by molar-refractivity contribution is 0.0293. The lowest BCUT2D eigenvalue weighted by Gasteiger charge is -2.34. The second kappa shape index (κ2) is 5.68. The van der Waals surface area contributed by atoms with Crippen LogP contribution >= 0.6 is 0 Å². The number of carbonyl (C=O) groups is 1. The van der Waals surface area contributed by atoms with Crippen LogP contribution in [0.3, 0.4) is 0 Å². The maximum atomic E-state index is 13.2. The van der Waals surface area contributed by atoms with Gasteiger partial charge in [0.2, 0.25) is 0 Å². The SMILES string of the molecule is Cc1cc(C)cc(CC2(O)C(=O)c3ccccc3-c3ccccc32)c1. The minimum absolute atomic E-state index is 0.221. The number of fused-ring (bicyclic) bond motifs is 3. The summed E-state index contributed by atoms with van der Waals surface area (Å²) in [5.74, 6) is -0.221. The molecule has 25 heavy (non-hydrogen) atoms. The average molecular weight is 328 g/mol. The van der Waals surface area contributed by atoms with Crippen LogP contribution in [0.15, 0.2) is 66.7 Å². The Morgan fingerprint density at radius 3 is 2.04 bits per heavy atom. The van der Waals surface area contributed by atoms with Crippen LogP contribution in [0.1, 0.15) is 32.6 Å². The maximum absolute atomic E-state index is 13.2. The molecule has 0 heterocycles. The van der Waals surface area contributed by atoms with E-state index in [4.69, 9.17) is 0 Å². The van der Waals surface area contributed by atoms with Crippen molar-refractivity contribution in [1.29, 1.82) is 0 Å². The second-order valence-corrected chi connectivity index (χ2v) is 6.95. The molecule has 0 aliphatic heterocycles. The van der Waals surface area contributed by atoms with Gasteiger partial charge in [0, 0.05) is 12.0 Å². The summed E-state index contributed by atoms with van der Waals surface area (Å²) in [6.45, 7) is 4.07. The van der Waals surface area contributed by atoms with E-state index in [0.717, 1.165) is 27.8 Å². The number of Topliss-reactive ketones (excluding diaryl/α,β-unsaturated/α-hetero) is 1. The molecule has 2 nitrogen and oxygen atoms in total. The lowest BCUT2D eigenvalue weighted by Crippen LogP contribution is -2.41. The van der Waals surface area contributed by atoms with Crippen molar-refractivity contribution in [1.82, 2.24) is 0 Å². The standard InChI is InChI=1S/C23H20O2/c1-15-11-16(2)13-17(12-15)14-23(25)21-10-6-5-8-19(21)18-7-3-4-9-20(18)22(23)24/h3-13,25H,14H2,1-2H3. The molecule has 3 aromatic rings. The Morgan fingerprint density at radius 1 is 0.800 bits per heavy atom. The van der Waals surface area contributed by atoms with Crippen LogP contribution in [0.25, 0.3) is 11.1 Å². The molecule has 0 bridgehead atoms. The van der Waals surface area contributed by atoms with Crippen molar-refractivity contribution < 1.29 is 9.90 Å². The van der Waals surface area contributed by atoms with Crippen LogP contribution in [0.5, 0.6) is 0 Å². The number of ketones is 1. The normalized spacial score (nSPS) is 18.6. The third kappa shape index (κ3) is 2.50. The molecular formula is C23H20O2. The van der Waals surface area contributed by atoms with Crippen molar-refractivity contribution in [3.05, 3.63) is 94.5 Å². The van der Waals surface area contributed by atoms with E-state index in [2.05, 4.69) is 6.07 Å². The summed E-state index contributed by atoms with van der Waals surface area (Å²) in [7, 11) is 0. The quantitative estimate of drug-likeness (QED) is 0.746. The van der Waals surface area contributed by atoms with E-state index in [1.54, 1.807) is 6.07 Å². The molecular weight excluding hydrogens is 308 g/mol. The van der Waals surface area contributed by atoms with Gasteiger partial charge in [-0.15, -0.1) is 0 Å². The van der Waals surface area contributed by atoms with Gasteiger partial charge in [-0.05, 0) is 36.1 Å². The number of carbonyl (C=O) groups excluding carboxylic acids is 1. The number of benzene rings is 3. The molecule has 1 aliphatic rings. The van der Waals surface area contributed by atoms with Gasteiger partial charge in [0.05, 0.1) is 0 Å². The number of aliphatic hydroxyl groups is 1. The van der Waals surface area contributed by atoms with Crippen molar-refractivity contribution in [2.75, 3.05) is 0 Å². The predicted molar refractivity (Wildman–Crippen MR) is 99.7 cm³/mol. The third-order valence-electron chi connectivity index (χ3n) is 4.95. The number of rotatable bonds is 2. The Labute approximate surface area is 147 Å². The summed E-state index contributed by atoms with van der Waals surface area (Å²) in [5.41, 5.74) is 4.82. The smallest absolute Gasteiger partial charge is 0.199 e. The van der Waals surface area contributed by atoms with Crippen LogP contribution < -0.4 is 0 Å². The molecule has 124 valence electrons. The molecule has 0 saturated carbocycles. The Morgan fingerprint density at radius 2 is 1.36 bits per heavy atom. The highest BCUT2D eigenvalue weighted by Crippen LogP contribution is 2.43. The van der Waals surface area contributed by atoms with E-state index in [-0.39, 0.29) is 12.2 Å². The highest BCUT2D eigenvalue weighted by molar-refractivity contribution is 6.11. The zero-order valence-corrected chi connectivity index (χ0v) is 14.4. The van der Waals surface area contributed by atoms with Crippen molar-refractivity contribution in [2.24, 2.45) is 0 Å². The molecule has 0 radical (unpaired) electrons. The van der Waals surface area contributed by atoms with Gasteiger partial charge in [0.15, 0.2) is 11.4 Å². The zero-order valence-electron chi connectivity index (χ0n) is 14.4. The van der Waals surface area contributed by atoms with E-state index < -0.39 is 5.60 Å². The first-order valence-corrected chi connectivity index (χ1v) is 8.52. The summed E-state index contributed by atoms with van der Waals surface area (Å²) >= 11 is 0. The second-order valence-electron chi connectivity index (χ2n) is 6.95. The largest absolute Gasteiger partial charge is 0.377 e. The Bertz CT molecular complexity index is 967. The van der Waals surface area contributed by atoms with Crippen LogP contribution in [0, 0.1) is 13.8 Å². The highest BCUT2D eigenvalue weighted by atomic mass is 16.3. The molecule has 1 N–H and O–H groups in total. The number of aryl methyl sites for hydroxylation is 2. The lowest BCUT2D eigenvalue weighted by atomic mass is 9.72. The monoisotopic (exact) mass is 328 g/mol. The number of hydrogen-bond acceptors (Lipinski definition) is 2. The maximum Gasteiger partial charge on any atom is 0.199 e. The van der Waals surface area contributed by atoms with Crippen LogP contribution in [-0.2, 0) is 12.0 Å². The van der Waals surface area contributed by atoms with E-state index >= 15 is 0 Å². The number of hydrogen-bond donors (Lipinski definition) is 1. The first kappa shape index (κ1) is 15.8. The summed E-state index contributed by atoms with van der Waals surface area (Å²) in [6.07, 6.45) is 0.277. The fourth-order valence-electron chi connectivity index (χ4n) is 3.98. The summed E-state index contributed by atoms with van der Waals surface area (Å²) < 4.78 is 0. The summed E-state index contributed by atoms with van der Waals surface area (Å²) in [5, 5.41) is 11.5. The van der Waals surface area contributed by atoms with E-state index in [1.165, 1.54) is 0 Å². The molecule has 3 aromatic carbocycles. The third-order valence-corrected chi connectivity index (χ3v) is 4.95. The minimum Gasteiger partial charge on any atom is -0.377 e. The Balaban J connectivity index is 1.90. The molecule has 0 aromatic heterocycles. The molecule has 1 atom stereocenters. The van der Waals surface area contributed by atoms with Gasteiger partial charge in [0.1, 0.15) is 0 Å². The van der Waals surface area contributed by atoms with Gasteiger partial charge in [-0.3, -0.25) is 4.79 Å². The molecule has 1 unspecified atom stereocenters. The topological polar surface area (TPSA) is 37.3 Å². The van der Waals surface area contributed by atoms with Gasteiger partial charge < -0.3 is 5.11 Å². The minimum atomic E-state index is -1.54. The average Bonchev–Trinajstić information content (AvgIpc) is 2.59. The van der Waals surface area contributed by atoms with Crippen LogP contribution in [0.2, 0.25) is 0 Å². The van der Waals surface area contributed by atoms with Crippen molar-refractivity contribution in [3.63, 3.8) is 0 Å². The van der Waals surface area contributed by atoms with Crippen LogP contribution in [0.4, 0.5) is 0 Å². The molecule has 0 fully saturated rings. The van der Waals surface area contributed by atoms with E-state index in [1.807, 2.05) is 68.4 Å². The van der Waals surface area contributed by atoms with Gasteiger partial charge in [-0.25, -0.2) is 0 Å². The molecule has 2 heteroatoms. The Hall–Kier alpha value is -2.71. The van der Waals surface area contributed by atoms with Gasteiger partial charge >= 0.3 is 0 Å². The zero-order chi connectivity index (χ0) is 17.6.